The van der Waals surface area contributed by atoms with Crippen molar-refractivity contribution in [1.29, 1.82) is 0 Å². The molecule has 1 atom stereocenters. The van der Waals surface area contributed by atoms with Crippen molar-refractivity contribution < 1.29 is 22.6 Å². The van der Waals surface area contributed by atoms with Gasteiger partial charge in [0.2, 0.25) is 0 Å². The van der Waals surface area contributed by atoms with Gasteiger partial charge in [-0.15, -0.1) is 0 Å². The number of aliphatic hydroxyl groups excluding tert-OH is 1. The number of hydrogen-bond donors (Lipinski definition) is 4. The summed E-state index contributed by atoms with van der Waals surface area (Å²) in [7, 11) is -4.67. The third-order valence-corrected chi connectivity index (χ3v) is 1.39. The van der Waals surface area contributed by atoms with E-state index in [9.17, 15) is 0 Å². The Morgan fingerprint density at radius 1 is 1.50 bits per heavy atom. The molecular formula is C7H13NO5S. The van der Waals surface area contributed by atoms with Crippen LogP contribution in [-0.2, 0) is 10.4 Å². The Balaban J connectivity index is 0.000000292. The molecule has 0 aromatic carbocycles. The van der Waals surface area contributed by atoms with Crippen molar-refractivity contribution in [3.05, 3.63) is 24.0 Å². The molecule has 1 unspecified atom stereocenters. The maximum absolute atomic E-state index is 8.86. The number of hydrogen-bond acceptors (Lipinski definition) is 4. The molecule has 0 saturated carbocycles. The topological polar surface area (TPSA) is 121 Å². The SMILES string of the molecule is CC1(N)C=CC(O)=CC1.O=S(=O)(O)O. The second kappa shape index (κ2) is 4.56. The van der Waals surface area contributed by atoms with Gasteiger partial charge in [-0.05, 0) is 25.5 Å². The minimum absolute atomic E-state index is 0.258. The van der Waals surface area contributed by atoms with E-state index in [2.05, 4.69) is 0 Å². The van der Waals surface area contributed by atoms with Crippen molar-refractivity contribution in [3.63, 3.8) is 0 Å². The fourth-order valence-electron chi connectivity index (χ4n) is 0.736. The Hall–Kier alpha value is -0.890. The van der Waals surface area contributed by atoms with Gasteiger partial charge >= 0.3 is 10.4 Å². The molecule has 0 heterocycles. The van der Waals surface area contributed by atoms with E-state index in [1.807, 2.05) is 13.0 Å². The molecule has 0 amide bonds. The predicted octanol–water partition coefficient (Wildman–Crippen LogP) is 0.453. The third-order valence-electron chi connectivity index (χ3n) is 1.39. The van der Waals surface area contributed by atoms with Gasteiger partial charge in [-0.25, -0.2) is 0 Å². The summed E-state index contributed by atoms with van der Waals surface area (Å²) in [5.74, 6) is 0.318. The smallest absolute Gasteiger partial charge is 0.394 e. The average molecular weight is 223 g/mol. The molecule has 1 aliphatic rings. The Morgan fingerprint density at radius 2 is 1.93 bits per heavy atom. The maximum atomic E-state index is 8.86. The summed E-state index contributed by atoms with van der Waals surface area (Å²) in [6.45, 7) is 1.92. The van der Waals surface area contributed by atoms with E-state index in [1.165, 1.54) is 0 Å². The van der Waals surface area contributed by atoms with E-state index in [0.29, 0.717) is 5.76 Å². The molecule has 0 aliphatic heterocycles. The number of rotatable bonds is 0. The zero-order valence-electron chi connectivity index (χ0n) is 7.58. The van der Waals surface area contributed by atoms with Crippen LogP contribution in [0, 0.1) is 0 Å². The fraction of sp³-hybridized carbons (Fsp3) is 0.429. The molecule has 5 N–H and O–H groups in total. The summed E-state index contributed by atoms with van der Waals surface area (Å²) in [6.07, 6.45) is 5.88. The van der Waals surface area contributed by atoms with Crippen LogP contribution in [0.3, 0.4) is 0 Å². The van der Waals surface area contributed by atoms with Crippen LogP contribution >= 0.6 is 0 Å². The van der Waals surface area contributed by atoms with Crippen LogP contribution in [0.2, 0.25) is 0 Å². The van der Waals surface area contributed by atoms with Gasteiger partial charge in [0.25, 0.3) is 0 Å². The van der Waals surface area contributed by atoms with Gasteiger partial charge < -0.3 is 10.8 Å². The third kappa shape index (κ3) is 9.20. The highest BCUT2D eigenvalue weighted by Gasteiger charge is 2.15. The minimum atomic E-state index is -4.67. The molecule has 0 bridgehead atoms. The van der Waals surface area contributed by atoms with Gasteiger partial charge in [0.15, 0.2) is 0 Å². The number of allylic oxidation sites excluding steroid dienone is 1. The lowest BCUT2D eigenvalue weighted by Crippen LogP contribution is -2.33. The molecule has 0 aromatic rings. The molecule has 0 saturated heterocycles. The standard InChI is InChI=1S/C7H11NO.H2O4S/c1-7(8)4-2-6(9)3-5-7;1-5(2,3)4/h2-4,9H,5,8H2,1H3;(H2,1,2,3,4). The minimum Gasteiger partial charge on any atom is -0.508 e. The lowest BCUT2D eigenvalue weighted by molar-refractivity contribution is 0.381. The van der Waals surface area contributed by atoms with Crippen molar-refractivity contribution in [3.8, 4) is 0 Å². The molecule has 0 radical (unpaired) electrons. The molecule has 0 spiro atoms. The Labute approximate surface area is 82.3 Å². The van der Waals surface area contributed by atoms with E-state index < -0.39 is 10.4 Å². The summed E-state index contributed by atoms with van der Waals surface area (Å²) in [4.78, 5) is 0. The first-order chi connectivity index (χ1) is 6.10. The first kappa shape index (κ1) is 13.1. The molecule has 6 nitrogen and oxygen atoms in total. The van der Waals surface area contributed by atoms with E-state index in [0.717, 1.165) is 6.42 Å². The van der Waals surface area contributed by atoms with Gasteiger partial charge in [-0.1, -0.05) is 6.08 Å². The second-order valence-corrected chi connectivity index (χ2v) is 4.02. The predicted molar refractivity (Wildman–Crippen MR) is 51.2 cm³/mol. The van der Waals surface area contributed by atoms with Crippen LogP contribution < -0.4 is 5.73 Å². The Morgan fingerprint density at radius 3 is 2.14 bits per heavy atom. The van der Waals surface area contributed by atoms with Crippen LogP contribution in [0.4, 0.5) is 0 Å². The Bertz CT molecular complexity index is 333. The van der Waals surface area contributed by atoms with Crippen molar-refractivity contribution >= 4 is 10.4 Å². The van der Waals surface area contributed by atoms with Crippen LogP contribution in [0.25, 0.3) is 0 Å². The highest BCUT2D eigenvalue weighted by molar-refractivity contribution is 7.79. The molecule has 14 heavy (non-hydrogen) atoms. The fourth-order valence-corrected chi connectivity index (χ4v) is 0.736. The normalized spacial score (nSPS) is 26.1. The van der Waals surface area contributed by atoms with Crippen molar-refractivity contribution in [2.24, 2.45) is 5.73 Å². The molecule has 7 heteroatoms. The number of nitrogens with two attached hydrogens (primary N) is 1. The van der Waals surface area contributed by atoms with Crippen LogP contribution in [0.15, 0.2) is 24.0 Å². The number of aliphatic hydroxyl groups is 1. The van der Waals surface area contributed by atoms with Gasteiger partial charge in [0.1, 0.15) is 5.76 Å². The average Bonchev–Trinajstić information content (AvgIpc) is 1.92. The van der Waals surface area contributed by atoms with Gasteiger partial charge in [-0.2, -0.15) is 8.42 Å². The molecule has 82 valence electrons. The molecule has 0 aromatic heterocycles. The van der Waals surface area contributed by atoms with Gasteiger partial charge in [-0.3, -0.25) is 9.11 Å². The van der Waals surface area contributed by atoms with Crippen molar-refractivity contribution in [1.82, 2.24) is 0 Å². The van der Waals surface area contributed by atoms with Crippen molar-refractivity contribution in [2.75, 3.05) is 0 Å². The molecule has 0 fully saturated rings. The van der Waals surface area contributed by atoms with Gasteiger partial charge in [0, 0.05) is 5.54 Å². The summed E-state index contributed by atoms with van der Waals surface area (Å²) < 4.78 is 31.6. The first-order valence-corrected chi connectivity index (χ1v) is 5.07. The van der Waals surface area contributed by atoms with Crippen molar-refractivity contribution in [2.45, 2.75) is 18.9 Å². The zero-order chi connectivity index (χ0) is 11.4. The summed E-state index contributed by atoms with van der Waals surface area (Å²) in [5.41, 5.74) is 5.44. The van der Waals surface area contributed by atoms with E-state index in [1.54, 1.807) is 12.2 Å². The zero-order valence-corrected chi connectivity index (χ0v) is 8.40. The molecule has 1 rings (SSSR count). The van der Waals surface area contributed by atoms with Crippen LogP contribution in [-0.4, -0.2) is 28.2 Å². The lowest BCUT2D eigenvalue weighted by Gasteiger charge is -2.20. The highest BCUT2D eigenvalue weighted by atomic mass is 32.3. The monoisotopic (exact) mass is 223 g/mol. The summed E-state index contributed by atoms with van der Waals surface area (Å²) >= 11 is 0. The first-order valence-electron chi connectivity index (χ1n) is 3.67. The van der Waals surface area contributed by atoms with Crippen LogP contribution in [0.5, 0.6) is 0 Å². The second-order valence-electron chi connectivity index (χ2n) is 3.12. The largest absolute Gasteiger partial charge is 0.508 e. The van der Waals surface area contributed by atoms with Crippen LogP contribution in [0.1, 0.15) is 13.3 Å². The van der Waals surface area contributed by atoms with E-state index in [4.69, 9.17) is 28.4 Å². The van der Waals surface area contributed by atoms with E-state index in [-0.39, 0.29) is 5.54 Å². The molecular weight excluding hydrogens is 210 g/mol. The molecule has 1 aliphatic carbocycles. The lowest BCUT2D eigenvalue weighted by atomic mass is 9.95. The highest BCUT2D eigenvalue weighted by Crippen LogP contribution is 2.15. The quantitative estimate of drug-likeness (QED) is 0.442. The summed E-state index contributed by atoms with van der Waals surface area (Å²) in [6, 6.07) is 0. The maximum Gasteiger partial charge on any atom is 0.394 e. The van der Waals surface area contributed by atoms with E-state index >= 15 is 0 Å². The summed E-state index contributed by atoms with van der Waals surface area (Å²) in [5, 5.41) is 8.86. The van der Waals surface area contributed by atoms with Gasteiger partial charge in [0.05, 0.1) is 0 Å². The Kier molecular flexibility index (Phi) is 4.27.